The molecule has 7 nitrogen and oxygen atoms in total. The second-order valence-corrected chi connectivity index (χ2v) is 8.29. The minimum atomic E-state index is -1.48. The van der Waals surface area contributed by atoms with Gasteiger partial charge in [-0.2, -0.15) is 0 Å². The Morgan fingerprint density at radius 3 is 2.45 bits per heavy atom. The molecule has 1 heterocycles. The predicted molar refractivity (Wildman–Crippen MR) is 116 cm³/mol. The Morgan fingerprint density at radius 2 is 1.87 bits per heavy atom. The van der Waals surface area contributed by atoms with Crippen molar-refractivity contribution in [3.63, 3.8) is 0 Å². The molecular formula is C23H28FN3O4. The largest absolute Gasteiger partial charge is 0.511 e. The molecule has 1 aliphatic carbocycles. The van der Waals surface area contributed by atoms with Crippen molar-refractivity contribution >= 4 is 30.2 Å². The van der Waals surface area contributed by atoms with Crippen LogP contribution < -0.4 is 9.64 Å². The Balaban J connectivity index is 1.91. The Bertz CT molecular complexity index is 944. The highest BCUT2D eigenvalue weighted by Crippen LogP contribution is 2.34. The first-order chi connectivity index (χ1) is 14.7. The molecule has 1 amide bonds. The van der Waals surface area contributed by atoms with E-state index in [2.05, 4.69) is 12.0 Å². The average Bonchev–Trinajstić information content (AvgIpc) is 3.09. The number of hydrogen-bond acceptors (Lipinski definition) is 4. The van der Waals surface area contributed by atoms with Crippen molar-refractivity contribution in [3.8, 4) is 5.75 Å². The van der Waals surface area contributed by atoms with Crippen LogP contribution in [0.25, 0.3) is 12.3 Å². The van der Waals surface area contributed by atoms with Crippen molar-refractivity contribution in [2.45, 2.75) is 52.5 Å². The zero-order valence-corrected chi connectivity index (χ0v) is 18.0. The van der Waals surface area contributed by atoms with Gasteiger partial charge in [0.2, 0.25) is 11.7 Å². The van der Waals surface area contributed by atoms with Gasteiger partial charge in [-0.15, -0.1) is 5.10 Å². The topological polar surface area (TPSA) is 84.7 Å². The predicted octanol–water partition coefficient (Wildman–Crippen LogP) is 5.27. The minimum Gasteiger partial charge on any atom is -0.449 e. The summed E-state index contributed by atoms with van der Waals surface area (Å²) >= 11 is 0. The maximum Gasteiger partial charge on any atom is 0.511 e. The van der Waals surface area contributed by atoms with Gasteiger partial charge in [0.25, 0.3) is 0 Å². The number of carboxylic acid groups (broad SMARTS) is 1. The molecule has 1 N–H and O–H groups in total. The number of ether oxygens (including phenoxy) is 1. The van der Waals surface area contributed by atoms with Gasteiger partial charge >= 0.3 is 6.16 Å². The molecule has 0 atom stereocenters. The molecule has 1 saturated carbocycles. The summed E-state index contributed by atoms with van der Waals surface area (Å²) in [5.41, 5.74) is 0.743. The van der Waals surface area contributed by atoms with E-state index in [-0.39, 0.29) is 35.3 Å². The lowest BCUT2D eigenvalue weighted by Crippen LogP contribution is -2.42. The SMILES string of the molecule is CC(C)N(c1nn(/C=C/c2ccc(F)cc2)cc1OC(=O)O)C(=O)[C@H]1CC[C@H](C)CC1. The van der Waals surface area contributed by atoms with Crippen LogP contribution in [0, 0.1) is 17.7 Å². The summed E-state index contributed by atoms with van der Waals surface area (Å²) in [7, 11) is 0. The van der Waals surface area contributed by atoms with Gasteiger partial charge in [0.15, 0.2) is 5.75 Å². The fourth-order valence-corrected chi connectivity index (χ4v) is 3.82. The van der Waals surface area contributed by atoms with Crippen molar-refractivity contribution < 1.29 is 23.8 Å². The summed E-state index contributed by atoms with van der Waals surface area (Å²) in [5.74, 6) is 0.255. The van der Waals surface area contributed by atoms with Crippen LogP contribution in [0.5, 0.6) is 5.75 Å². The number of rotatable bonds is 6. The number of halogens is 1. The molecule has 0 bridgehead atoms. The summed E-state index contributed by atoms with van der Waals surface area (Å²) in [6.45, 7) is 5.91. The number of aromatic nitrogens is 2. The van der Waals surface area contributed by atoms with Crippen molar-refractivity contribution in [3.05, 3.63) is 41.8 Å². The van der Waals surface area contributed by atoms with Crippen LogP contribution in [-0.4, -0.2) is 33.0 Å². The minimum absolute atomic E-state index is 0.0116. The van der Waals surface area contributed by atoms with E-state index < -0.39 is 6.16 Å². The monoisotopic (exact) mass is 429 g/mol. The molecule has 0 unspecified atom stereocenters. The van der Waals surface area contributed by atoms with Gasteiger partial charge in [0, 0.05) is 18.2 Å². The third-order valence-corrected chi connectivity index (χ3v) is 5.51. The number of carbonyl (C=O) groups is 2. The lowest BCUT2D eigenvalue weighted by molar-refractivity contribution is -0.124. The number of benzene rings is 1. The van der Waals surface area contributed by atoms with E-state index in [1.54, 1.807) is 24.4 Å². The fraction of sp³-hybridized carbons (Fsp3) is 0.435. The van der Waals surface area contributed by atoms with E-state index in [1.807, 2.05) is 13.8 Å². The Labute approximate surface area is 181 Å². The standard InChI is InChI=1S/C23H28FN3O4/c1-15(2)27(22(28)18-8-4-16(3)5-9-18)21-20(31-23(29)30)14-26(25-21)13-12-17-6-10-19(24)11-7-17/h6-7,10-16,18H,4-5,8-9H2,1-3H3,(H,29,30)/b13-12+/t16-,18-. The van der Waals surface area contributed by atoms with E-state index in [1.165, 1.54) is 27.9 Å². The van der Waals surface area contributed by atoms with Crippen LogP contribution in [0.15, 0.2) is 30.5 Å². The van der Waals surface area contributed by atoms with Crippen LogP contribution >= 0.6 is 0 Å². The molecule has 1 fully saturated rings. The molecule has 0 saturated heterocycles. The van der Waals surface area contributed by atoms with E-state index in [9.17, 15) is 14.0 Å². The summed E-state index contributed by atoms with van der Waals surface area (Å²) in [6, 6.07) is 5.68. The summed E-state index contributed by atoms with van der Waals surface area (Å²) in [4.78, 5) is 26.1. The van der Waals surface area contributed by atoms with Crippen LogP contribution in [-0.2, 0) is 4.79 Å². The van der Waals surface area contributed by atoms with E-state index in [0.29, 0.717) is 5.92 Å². The summed E-state index contributed by atoms with van der Waals surface area (Å²) in [6.07, 6.45) is 6.83. The van der Waals surface area contributed by atoms with Crippen LogP contribution in [0.4, 0.5) is 15.0 Å². The van der Waals surface area contributed by atoms with Gasteiger partial charge < -0.3 is 9.84 Å². The number of anilines is 1. The van der Waals surface area contributed by atoms with Gasteiger partial charge in [-0.25, -0.2) is 13.9 Å². The normalized spacial score (nSPS) is 19.0. The average molecular weight is 429 g/mol. The van der Waals surface area contributed by atoms with E-state index in [4.69, 9.17) is 9.84 Å². The summed E-state index contributed by atoms with van der Waals surface area (Å²) < 4.78 is 19.4. The van der Waals surface area contributed by atoms with Crippen LogP contribution in [0.1, 0.15) is 52.0 Å². The molecule has 0 spiro atoms. The molecule has 1 aromatic heterocycles. The first kappa shape index (κ1) is 22.5. The Morgan fingerprint density at radius 1 is 1.23 bits per heavy atom. The van der Waals surface area contributed by atoms with Crippen LogP contribution in [0.2, 0.25) is 0 Å². The molecule has 166 valence electrons. The zero-order valence-electron chi connectivity index (χ0n) is 18.0. The van der Waals surface area contributed by atoms with Crippen molar-refractivity contribution in [1.82, 2.24) is 9.78 Å². The second kappa shape index (κ2) is 9.76. The highest BCUT2D eigenvalue weighted by molar-refractivity contribution is 5.96. The number of carbonyl (C=O) groups excluding carboxylic acids is 1. The molecule has 1 aromatic carbocycles. The van der Waals surface area contributed by atoms with Crippen molar-refractivity contribution in [1.29, 1.82) is 0 Å². The molecule has 2 aromatic rings. The third kappa shape index (κ3) is 5.71. The first-order valence-electron chi connectivity index (χ1n) is 10.5. The second-order valence-electron chi connectivity index (χ2n) is 8.29. The van der Waals surface area contributed by atoms with Gasteiger partial charge in [0.1, 0.15) is 5.82 Å². The smallest absolute Gasteiger partial charge is 0.449 e. The third-order valence-electron chi connectivity index (χ3n) is 5.51. The zero-order chi connectivity index (χ0) is 22.5. The van der Waals surface area contributed by atoms with Gasteiger partial charge in [0.05, 0.1) is 6.20 Å². The number of nitrogens with zero attached hydrogens (tertiary/aromatic N) is 3. The molecule has 31 heavy (non-hydrogen) atoms. The van der Waals surface area contributed by atoms with Crippen molar-refractivity contribution in [2.24, 2.45) is 11.8 Å². The molecule has 8 heteroatoms. The Kier molecular flexibility index (Phi) is 7.09. The van der Waals surface area contributed by atoms with E-state index in [0.717, 1.165) is 31.2 Å². The summed E-state index contributed by atoms with van der Waals surface area (Å²) in [5, 5.41) is 13.6. The molecular weight excluding hydrogens is 401 g/mol. The first-order valence-corrected chi connectivity index (χ1v) is 10.5. The van der Waals surface area contributed by atoms with Gasteiger partial charge in [-0.05, 0) is 69.2 Å². The molecule has 3 rings (SSSR count). The highest BCUT2D eigenvalue weighted by atomic mass is 19.1. The van der Waals surface area contributed by atoms with Crippen molar-refractivity contribution in [2.75, 3.05) is 4.90 Å². The lowest BCUT2D eigenvalue weighted by atomic mass is 9.82. The van der Waals surface area contributed by atoms with E-state index >= 15 is 0 Å². The maximum atomic E-state index is 13.3. The fourth-order valence-electron chi connectivity index (χ4n) is 3.82. The molecule has 1 aliphatic rings. The molecule has 0 radical (unpaired) electrons. The quantitative estimate of drug-likeness (QED) is 0.632. The van der Waals surface area contributed by atoms with Gasteiger partial charge in [-0.3, -0.25) is 9.69 Å². The lowest BCUT2D eigenvalue weighted by Gasteiger charge is -2.32. The maximum absolute atomic E-state index is 13.3. The highest BCUT2D eigenvalue weighted by Gasteiger charge is 2.33. The number of amides is 1. The number of hydrogen-bond donors (Lipinski definition) is 1. The Hall–Kier alpha value is -3.16. The molecule has 0 aliphatic heterocycles. The van der Waals surface area contributed by atoms with Gasteiger partial charge in [-0.1, -0.05) is 19.1 Å². The van der Waals surface area contributed by atoms with Crippen LogP contribution in [0.3, 0.4) is 0 Å².